The first-order valence-electron chi connectivity index (χ1n) is 10.2. The molecular formula is C24H22N2O6. The average Bonchev–Trinajstić information content (AvgIpc) is 3.44. The highest BCUT2D eigenvalue weighted by Gasteiger charge is 2.43. The molecule has 0 radical (unpaired) electrons. The summed E-state index contributed by atoms with van der Waals surface area (Å²) >= 11 is 0. The molecule has 8 nitrogen and oxygen atoms in total. The third kappa shape index (κ3) is 3.07. The van der Waals surface area contributed by atoms with E-state index in [1.165, 1.54) is 14.2 Å². The lowest BCUT2D eigenvalue weighted by Crippen LogP contribution is -2.34. The second-order valence-corrected chi connectivity index (χ2v) is 7.64. The zero-order valence-corrected chi connectivity index (χ0v) is 17.9. The van der Waals surface area contributed by atoms with Crippen LogP contribution in [-0.4, -0.2) is 36.0 Å². The van der Waals surface area contributed by atoms with Crippen LogP contribution in [0.25, 0.3) is 0 Å². The molecule has 1 aromatic heterocycles. The second-order valence-electron chi connectivity index (χ2n) is 7.64. The maximum Gasteiger partial charge on any atom is 0.340 e. The van der Waals surface area contributed by atoms with Crippen molar-refractivity contribution in [2.75, 3.05) is 14.2 Å². The van der Waals surface area contributed by atoms with E-state index in [0.29, 0.717) is 29.2 Å². The van der Waals surface area contributed by atoms with Gasteiger partial charge in [-0.25, -0.2) is 9.80 Å². The van der Waals surface area contributed by atoms with Gasteiger partial charge in [-0.3, -0.25) is 0 Å². The Morgan fingerprint density at radius 2 is 1.91 bits per heavy atom. The van der Waals surface area contributed by atoms with Gasteiger partial charge in [0.05, 0.1) is 20.3 Å². The quantitative estimate of drug-likeness (QED) is 0.630. The molecule has 5 rings (SSSR count). The summed E-state index contributed by atoms with van der Waals surface area (Å²) < 4.78 is 22.8. The van der Waals surface area contributed by atoms with Gasteiger partial charge in [0.15, 0.2) is 11.5 Å². The molecule has 164 valence electrons. The number of aryl methyl sites for hydroxylation is 1. The fourth-order valence-corrected chi connectivity index (χ4v) is 4.35. The van der Waals surface area contributed by atoms with E-state index in [0.717, 1.165) is 17.0 Å². The van der Waals surface area contributed by atoms with Crippen LogP contribution in [0.2, 0.25) is 0 Å². The summed E-state index contributed by atoms with van der Waals surface area (Å²) in [4.78, 5) is 12.3. The molecule has 0 bridgehead atoms. The number of ether oxygens (including phenoxy) is 3. The monoisotopic (exact) mass is 434 g/mol. The Bertz CT molecular complexity index is 1230. The molecule has 8 heteroatoms. The molecule has 3 aromatic rings. The van der Waals surface area contributed by atoms with E-state index >= 15 is 0 Å². The molecule has 1 N–H and O–H groups in total. The Kier molecular flexibility index (Phi) is 4.77. The molecule has 2 aliphatic heterocycles. The lowest BCUT2D eigenvalue weighted by Gasteiger charge is -2.38. The number of fused-ring (bicyclic) bond motifs is 3. The van der Waals surface area contributed by atoms with E-state index in [4.69, 9.17) is 23.7 Å². The zero-order valence-electron chi connectivity index (χ0n) is 17.9. The van der Waals surface area contributed by atoms with Gasteiger partial charge in [-0.1, -0.05) is 18.2 Å². The van der Waals surface area contributed by atoms with Crippen LogP contribution < -0.4 is 14.2 Å². The number of rotatable bonds is 5. The average molecular weight is 434 g/mol. The van der Waals surface area contributed by atoms with Gasteiger partial charge in [0, 0.05) is 17.5 Å². The molecule has 0 unspecified atom stereocenters. The van der Waals surface area contributed by atoms with Crippen molar-refractivity contribution in [2.24, 2.45) is 5.10 Å². The molecule has 0 saturated heterocycles. The summed E-state index contributed by atoms with van der Waals surface area (Å²) in [7, 11) is 2.88. The fourth-order valence-electron chi connectivity index (χ4n) is 4.35. The first-order chi connectivity index (χ1) is 15.5. The molecule has 0 saturated carbocycles. The number of methoxy groups -OCH3 is 2. The van der Waals surface area contributed by atoms with Gasteiger partial charge in [-0.2, -0.15) is 5.10 Å². The summed E-state index contributed by atoms with van der Waals surface area (Å²) in [6.45, 7) is 1.89. The van der Waals surface area contributed by atoms with Gasteiger partial charge in [-0.15, -0.1) is 0 Å². The summed E-state index contributed by atoms with van der Waals surface area (Å²) in [6.07, 6.45) is -0.158. The molecule has 2 aliphatic rings. The van der Waals surface area contributed by atoms with Crippen LogP contribution in [0.15, 0.2) is 58.0 Å². The van der Waals surface area contributed by atoms with Gasteiger partial charge in [0.1, 0.15) is 28.5 Å². The predicted octanol–water partition coefficient (Wildman–Crippen LogP) is 4.55. The van der Waals surface area contributed by atoms with Crippen molar-refractivity contribution in [3.05, 3.63) is 76.7 Å². The van der Waals surface area contributed by atoms with Crippen LogP contribution in [-0.2, 0) is 0 Å². The Morgan fingerprint density at radius 1 is 1.09 bits per heavy atom. The highest BCUT2D eigenvalue weighted by Crippen LogP contribution is 2.49. The standard InChI is InChI=1S/C24H22N2O6/c1-13-8-10-19(31-13)16-12-17-14-6-4-5-7-18(14)32-23(26(17)25-16)15-9-11-20(29-2)22(30-3)21(15)24(27)28/h4-11,17,23H,12H2,1-3H3,(H,27,28)/t17-,23+/m1/s1. The molecule has 0 fully saturated rings. The van der Waals surface area contributed by atoms with E-state index in [1.54, 1.807) is 12.1 Å². The van der Waals surface area contributed by atoms with E-state index in [9.17, 15) is 9.90 Å². The van der Waals surface area contributed by atoms with Crippen LogP contribution in [0.1, 0.15) is 51.7 Å². The van der Waals surface area contributed by atoms with Gasteiger partial charge in [-0.05, 0) is 37.3 Å². The Balaban J connectivity index is 1.67. The number of carboxylic acids is 1. The summed E-state index contributed by atoms with van der Waals surface area (Å²) in [6, 6.07) is 14.8. The molecule has 3 heterocycles. The number of hydrogen-bond acceptors (Lipinski definition) is 7. The van der Waals surface area contributed by atoms with Crippen LogP contribution in [0.5, 0.6) is 17.2 Å². The van der Waals surface area contributed by atoms with Crippen LogP contribution in [0, 0.1) is 6.92 Å². The van der Waals surface area contributed by atoms with Gasteiger partial charge >= 0.3 is 5.97 Å². The lowest BCUT2D eigenvalue weighted by molar-refractivity contribution is -0.0199. The van der Waals surface area contributed by atoms with Gasteiger partial charge in [0.2, 0.25) is 6.23 Å². The molecule has 2 aromatic carbocycles. The minimum atomic E-state index is -1.14. The topological polar surface area (TPSA) is 93.7 Å². The van der Waals surface area contributed by atoms with Crippen molar-refractivity contribution in [3.8, 4) is 17.2 Å². The summed E-state index contributed by atoms with van der Waals surface area (Å²) in [5.74, 6) is 1.52. The lowest BCUT2D eigenvalue weighted by atomic mass is 9.96. The highest BCUT2D eigenvalue weighted by molar-refractivity contribution is 6.00. The molecule has 0 spiro atoms. The van der Waals surface area contributed by atoms with Crippen molar-refractivity contribution in [1.82, 2.24) is 5.01 Å². The first-order valence-corrected chi connectivity index (χ1v) is 10.2. The molecule has 0 amide bonds. The number of carboxylic acid groups (broad SMARTS) is 1. The normalized spacial score (nSPS) is 19.0. The fraction of sp³-hybridized carbons (Fsp3) is 0.250. The number of furan rings is 1. The van der Waals surface area contributed by atoms with Crippen molar-refractivity contribution in [1.29, 1.82) is 0 Å². The number of aromatic carboxylic acids is 1. The third-order valence-corrected chi connectivity index (χ3v) is 5.78. The van der Waals surface area contributed by atoms with E-state index < -0.39 is 12.2 Å². The minimum absolute atomic E-state index is 0.0209. The number of hydrazone groups is 1. The summed E-state index contributed by atoms with van der Waals surface area (Å²) in [5.41, 5.74) is 2.18. The number of nitrogens with zero attached hydrogens (tertiary/aromatic N) is 2. The Hall–Kier alpha value is -3.94. The smallest absolute Gasteiger partial charge is 0.340 e. The first kappa shape index (κ1) is 20.0. The highest BCUT2D eigenvalue weighted by atomic mass is 16.5. The van der Waals surface area contributed by atoms with Crippen molar-refractivity contribution < 1.29 is 28.5 Å². The number of benzene rings is 2. The van der Waals surface area contributed by atoms with Crippen LogP contribution in [0.4, 0.5) is 0 Å². The molecule has 0 aliphatic carbocycles. The maximum atomic E-state index is 12.3. The SMILES string of the molecule is COc1ccc([C@@H]2Oc3ccccc3[C@H]3CC(c4ccc(C)o4)=NN32)c(C(=O)O)c1OC. The van der Waals surface area contributed by atoms with Gasteiger partial charge in [0.25, 0.3) is 0 Å². The van der Waals surface area contributed by atoms with Crippen LogP contribution in [0.3, 0.4) is 0 Å². The van der Waals surface area contributed by atoms with Crippen LogP contribution >= 0.6 is 0 Å². The molecular weight excluding hydrogens is 412 g/mol. The Morgan fingerprint density at radius 3 is 2.59 bits per heavy atom. The van der Waals surface area contributed by atoms with Crippen molar-refractivity contribution in [3.63, 3.8) is 0 Å². The van der Waals surface area contributed by atoms with E-state index in [1.807, 2.05) is 48.3 Å². The maximum absolute atomic E-state index is 12.3. The molecule has 2 atom stereocenters. The van der Waals surface area contributed by atoms with Gasteiger partial charge < -0.3 is 23.7 Å². The minimum Gasteiger partial charge on any atom is -0.493 e. The summed E-state index contributed by atoms with van der Waals surface area (Å²) in [5, 5.41) is 16.7. The van der Waals surface area contributed by atoms with E-state index in [2.05, 4.69) is 0 Å². The second kappa shape index (κ2) is 7.64. The number of para-hydroxylation sites is 1. The molecule has 32 heavy (non-hydrogen) atoms. The van der Waals surface area contributed by atoms with Crippen molar-refractivity contribution >= 4 is 11.7 Å². The number of carbonyl (C=O) groups is 1. The zero-order chi connectivity index (χ0) is 22.4. The number of hydrogen-bond donors (Lipinski definition) is 1. The third-order valence-electron chi connectivity index (χ3n) is 5.78. The van der Waals surface area contributed by atoms with Crippen molar-refractivity contribution in [2.45, 2.75) is 25.6 Å². The largest absolute Gasteiger partial charge is 0.493 e. The Labute approximate surface area is 184 Å². The van der Waals surface area contributed by atoms with E-state index in [-0.39, 0.29) is 17.4 Å². The predicted molar refractivity (Wildman–Crippen MR) is 115 cm³/mol.